The van der Waals surface area contributed by atoms with Crippen LogP contribution in [0.4, 0.5) is 4.39 Å². The first-order valence-electron chi connectivity index (χ1n) is 2.93. The summed E-state index contributed by atoms with van der Waals surface area (Å²) in [7, 11) is 0. The average molecular weight is 147 g/mol. The predicted octanol–water partition coefficient (Wildman–Crippen LogP) is 3.00. The fraction of sp³-hybridized carbons (Fsp3) is 0.429. The Bertz CT molecular complexity index is 170. The van der Waals surface area contributed by atoms with Crippen LogP contribution in [0.1, 0.15) is 13.3 Å². The van der Waals surface area contributed by atoms with Crippen LogP contribution in [0.25, 0.3) is 0 Å². The van der Waals surface area contributed by atoms with Gasteiger partial charge in [-0.15, -0.1) is 0 Å². The molecule has 0 spiro atoms. The molecule has 0 nitrogen and oxygen atoms in total. The van der Waals surface area contributed by atoms with E-state index < -0.39 is 0 Å². The van der Waals surface area contributed by atoms with Gasteiger partial charge in [-0.05, 0) is 18.4 Å². The van der Waals surface area contributed by atoms with Gasteiger partial charge in [0.1, 0.15) is 5.83 Å². The molecule has 0 saturated carbocycles. The summed E-state index contributed by atoms with van der Waals surface area (Å²) in [4.78, 5) is 0. The van der Waals surface area contributed by atoms with Crippen LogP contribution in [0, 0.1) is 5.92 Å². The lowest BCUT2D eigenvalue weighted by Crippen LogP contribution is -1.94. The van der Waals surface area contributed by atoms with Crippen molar-refractivity contribution in [3.63, 3.8) is 0 Å². The molecule has 0 aromatic heterocycles. The first-order chi connectivity index (χ1) is 4.20. The van der Waals surface area contributed by atoms with Gasteiger partial charge in [0.05, 0.1) is 5.03 Å². The first kappa shape index (κ1) is 6.81. The lowest BCUT2D eigenvalue weighted by Gasteiger charge is -2.08. The van der Waals surface area contributed by atoms with Gasteiger partial charge in [-0.25, -0.2) is 4.39 Å². The van der Waals surface area contributed by atoms with E-state index in [2.05, 4.69) is 0 Å². The normalized spacial score (nSPS) is 27.2. The second-order valence-electron chi connectivity index (χ2n) is 2.28. The van der Waals surface area contributed by atoms with Crippen LogP contribution < -0.4 is 0 Å². The molecule has 0 fully saturated rings. The van der Waals surface area contributed by atoms with Gasteiger partial charge in [0.2, 0.25) is 0 Å². The Labute approximate surface area is 59.0 Å². The van der Waals surface area contributed by atoms with Crippen LogP contribution in [-0.2, 0) is 0 Å². The first-order valence-corrected chi connectivity index (χ1v) is 3.31. The van der Waals surface area contributed by atoms with E-state index in [0.717, 1.165) is 6.42 Å². The van der Waals surface area contributed by atoms with Gasteiger partial charge in [0.25, 0.3) is 0 Å². The van der Waals surface area contributed by atoms with Gasteiger partial charge >= 0.3 is 0 Å². The van der Waals surface area contributed by atoms with Gasteiger partial charge < -0.3 is 0 Å². The Balaban J connectivity index is 2.75. The third-order valence-corrected chi connectivity index (χ3v) is 1.66. The molecule has 0 aromatic rings. The van der Waals surface area contributed by atoms with Crippen LogP contribution in [-0.4, -0.2) is 0 Å². The molecule has 0 saturated heterocycles. The maximum absolute atomic E-state index is 12.5. The second-order valence-corrected chi connectivity index (χ2v) is 2.69. The van der Waals surface area contributed by atoms with Crippen molar-refractivity contribution in [2.24, 2.45) is 5.92 Å². The Kier molecular flexibility index (Phi) is 1.91. The number of allylic oxidation sites excluding steroid dienone is 4. The molecule has 0 radical (unpaired) electrons. The number of rotatable bonds is 0. The highest BCUT2D eigenvalue weighted by molar-refractivity contribution is 6.31. The molecule has 0 unspecified atom stereocenters. The largest absolute Gasteiger partial charge is 0.206 e. The summed E-state index contributed by atoms with van der Waals surface area (Å²) >= 11 is 5.45. The van der Waals surface area contributed by atoms with Crippen LogP contribution in [0.3, 0.4) is 0 Å². The quantitative estimate of drug-likeness (QED) is 0.493. The monoisotopic (exact) mass is 146 g/mol. The van der Waals surface area contributed by atoms with Crippen molar-refractivity contribution in [3.05, 3.63) is 23.0 Å². The lowest BCUT2D eigenvalue weighted by molar-refractivity contribution is 0.611. The Morgan fingerprint density at radius 2 is 2.44 bits per heavy atom. The van der Waals surface area contributed by atoms with Crippen LogP contribution in [0.5, 0.6) is 0 Å². The number of hydrogen-bond donors (Lipinski definition) is 0. The average Bonchev–Trinajstić information content (AvgIpc) is 1.80. The number of halogens is 2. The molecule has 1 aliphatic carbocycles. The van der Waals surface area contributed by atoms with E-state index in [1.54, 1.807) is 12.2 Å². The molecule has 0 aromatic carbocycles. The molecule has 1 rings (SSSR count). The van der Waals surface area contributed by atoms with Crippen molar-refractivity contribution >= 4 is 11.6 Å². The van der Waals surface area contributed by atoms with Gasteiger partial charge in [0.15, 0.2) is 0 Å². The number of hydrogen-bond acceptors (Lipinski definition) is 0. The summed E-state index contributed by atoms with van der Waals surface area (Å²) in [5.74, 6) is 0.0166. The van der Waals surface area contributed by atoms with E-state index in [1.807, 2.05) is 6.92 Å². The third-order valence-electron chi connectivity index (χ3n) is 1.33. The standard InChI is InChI=1S/C7H8ClF/c1-5-2-3-6(8)7(9)4-5/h3-5H,2H2,1H3/t5-/m1/s1. The van der Waals surface area contributed by atoms with Crippen LogP contribution >= 0.6 is 11.6 Å². The SMILES string of the molecule is C[C@H]1C=C(F)C(Cl)=CC1. The minimum absolute atomic E-state index is 0.258. The zero-order chi connectivity index (χ0) is 6.85. The van der Waals surface area contributed by atoms with Crippen LogP contribution in [0.15, 0.2) is 23.0 Å². The highest BCUT2D eigenvalue weighted by Gasteiger charge is 2.09. The predicted molar refractivity (Wildman–Crippen MR) is 36.9 cm³/mol. The topological polar surface area (TPSA) is 0 Å². The van der Waals surface area contributed by atoms with Crippen molar-refractivity contribution in [1.82, 2.24) is 0 Å². The fourth-order valence-electron chi connectivity index (χ4n) is 0.784. The molecule has 50 valence electrons. The minimum Gasteiger partial charge on any atom is -0.206 e. The summed E-state index contributed by atoms with van der Waals surface area (Å²) in [5, 5.41) is 0.258. The van der Waals surface area contributed by atoms with Gasteiger partial charge in [-0.1, -0.05) is 24.6 Å². The molecule has 0 heterocycles. The van der Waals surface area contributed by atoms with Crippen LogP contribution in [0.2, 0.25) is 0 Å². The third kappa shape index (κ3) is 1.55. The van der Waals surface area contributed by atoms with Crippen molar-refractivity contribution in [1.29, 1.82) is 0 Å². The Morgan fingerprint density at radius 3 is 2.89 bits per heavy atom. The molecule has 0 amide bonds. The molecule has 0 bridgehead atoms. The van der Waals surface area contributed by atoms with E-state index >= 15 is 0 Å². The molecule has 0 N–H and O–H groups in total. The molecule has 1 aliphatic rings. The molecule has 9 heavy (non-hydrogen) atoms. The van der Waals surface area contributed by atoms with E-state index in [0.29, 0.717) is 5.92 Å². The van der Waals surface area contributed by atoms with E-state index in [-0.39, 0.29) is 10.9 Å². The smallest absolute Gasteiger partial charge is 0.137 e. The Morgan fingerprint density at radius 1 is 1.78 bits per heavy atom. The van der Waals surface area contributed by atoms with Gasteiger partial charge in [-0.3, -0.25) is 0 Å². The van der Waals surface area contributed by atoms with E-state index in [1.165, 1.54) is 0 Å². The van der Waals surface area contributed by atoms with Gasteiger partial charge in [0, 0.05) is 0 Å². The fourth-order valence-corrected chi connectivity index (χ4v) is 0.936. The summed E-state index contributed by atoms with van der Waals surface area (Å²) in [6.45, 7) is 1.96. The highest BCUT2D eigenvalue weighted by Crippen LogP contribution is 2.25. The Hall–Kier alpha value is -0.300. The van der Waals surface area contributed by atoms with E-state index in [9.17, 15) is 4.39 Å². The van der Waals surface area contributed by atoms with E-state index in [4.69, 9.17) is 11.6 Å². The summed E-state index contributed by atoms with van der Waals surface area (Å²) in [6.07, 6.45) is 4.11. The summed E-state index contributed by atoms with van der Waals surface area (Å²) < 4.78 is 12.5. The molecule has 2 heteroatoms. The molecular weight excluding hydrogens is 139 g/mol. The summed E-state index contributed by atoms with van der Waals surface area (Å²) in [5.41, 5.74) is 0. The highest BCUT2D eigenvalue weighted by atomic mass is 35.5. The van der Waals surface area contributed by atoms with Crippen molar-refractivity contribution in [3.8, 4) is 0 Å². The zero-order valence-corrected chi connectivity index (χ0v) is 5.95. The molecule has 0 aliphatic heterocycles. The maximum atomic E-state index is 12.5. The lowest BCUT2D eigenvalue weighted by atomic mass is 10.0. The molecular formula is C7H8ClF. The second kappa shape index (κ2) is 2.53. The zero-order valence-electron chi connectivity index (χ0n) is 5.20. The van der Waals surface area contributed by atoms with Gasteiger partial charge in [-0.2, -0.15) is 0 Å². The maximum Gasteiger partial charge on any atom is 0.137 e. The van der Waals surface area contributed by atoms with Crippen molar-refractivity contribution in [2.45, 2.75) is 13.3 Å². The van der Waals surface area contributed by atoms with Crippen molar-refractivity contribution in [2.75, 3.05) is 0 Å². The minimum atomic E-state index is -0.282. The molecule has 1 atom stereocenters. The summed E-state index contributed by atoms with van der Waals surface area (Å²) in [6, 6.07) is 0. The van der Waals surface area contributed by atoms with Crippen molar-refractivity contribution < 1.29 is 4.39 Å².